The number of nitrogens with one attached hydrogen (secondary N) is 1. The Morgan fingerprint density at radius 1 is 0.372 bits per heavy atom. The van der Waals surface area contributed by atoms with Crippen LogP contribution in [0.25, 0.3) is 0 Å². The molecule has 3 fully saturated rings. The number of ether oxygens (including phenoxy) is 6. The molecule has 0 aromatic rings. The third kappa shape index (κ3) is 37.6. The van der Waals surface area contributed by atoms with E-state index in [-0.39, 0.29) is 18.9 Å². The number of carbonyl (C=O) groups excluding carboxylic acids is 1. The Morgan fingerprint density at radius 3 is 1.06 bits per heavy atom. The highest BCUT2D eigenvalue weighted by Gasteiger charge is 2.53. The average Bonchev–Trinajstić information content (AvgIpc) is 0.787. The number of unbranched alkanes of at least 4 members (excludes halogenated alkanes) is 43. The van der Waals surface area contributed by atoms with Crippen molar-refractivity contribution in [2.75, 3.05) is 26.4 Å². The first-order chi connectivity index (χ1) is 45.8. The lowest BCUT2D eigenvalue weighted by Crippen LogP contribution is -2.66. The summed E-state index contributed by atoms with van der Waals surface area (Å²) in [6.07, 6.45) is 40.2. The average molecular weight is 1340 g/mol. The van der Waals surface area contributed by atoms with Crippen molar-refractivity contribution in [3.8, 4) is 0 Å². The first-order valence-corrected chi connectivity index (χ1v) is 38.6. The molecule has 0 radical (unpaired) electrons. The number of aliphatic hydroxyl groups is 11. The molecule has 3 aliphatic heterocycles. The molecular formula is C75H141NO18. The van der Waals surface area contributed by atoms with E-state index in [4.69, 9.17) is 28.4 Å². The Kier molecular flexibility index (Phi) is 52.4. The number of amides is 1. The summed E-state index contributed by atoms with van der Waals surface area (Å²) in [5, 5.41) is 121. The molecule has 0 saturated carbocycles. The first kappa shape index (κ1) is 86.5. The van der Waals surface area contributed by atoms with E-state index in [1.807, 2.05) is 6.08 Å². The summed E-state index contributed by atoms with van der Waals surface area (Å²) in [7, 11) is 0. The molecule has 0 aliphatic carbocycles. The maximum atomic E-state index is 13.4. The molecule has 554 valence electrons. The van der Waals surface area contributed by atoms with E-state index in [1.54, 1.807) is 6.08 Å². The molecule has 12 N–H and O–H groups in total. The molecule has 19 heteroatoms. The number of hydrogen-bond donors (Lipinski definition) is 12. The Bertz CT molecular complexity index is 1800. The number of hydrogen-bond acceptors (Lipinski definition) is 18. The monoisotopic (exact) mass is 1340 g/mol. The predicted octanol–water partition coefficient (Wildman–Crippen LogP) is 11.8. The van der Waals surface area contributed by atoms with Crippen LogP contribution >= 0.6 is 0 Å². The van der Waals surface area contributed by atoms with E-state index < -0.39 is 124 Å². The zero-order valence-electron chi connectivity index (χ0n) is 59.0. The quantitative estimate of drug-likeness (QED) is 0.0199. The Labute approximate surface area is 568 Å². The standard InChI is InChI=1S/C75H141NO18/c1-3-5-7-9-11-13-15-17-19-21-23-25-27-29-31-33-35-37-39-41-43-45-47-49-51-53-63(81)76-58(59(80)52-50-48-46-44-42-40-38-36-34-32-30-28-26-24-22-20-18-16-14-12-10-8-6-4-2)57-89-73-69(87)66(84)71(61(55-78)91-73)94-75-70(88)67(85)72(62(56-79)92-75)93-74-68(86)65(83)64(82)60(54-77)90-74/h42,44,50,52,58-62,64-75,77-80,82-88H,3-41,43,45-49,51,53-57H2,1-2H3,(H,76,81)/b44-42+,52-50+. The zero-order chi connectivity index (χ0) is 68.2. The summed E-state index contributed by atoms with van der Waals surface area (Å²) in [5.41, 5.74) is 0. The third-order valence-electron chi connectivity index (χ3n) is 19.5. The van der Waals surface area contributed by atoms with E-state index in [9.17, 15) is 61.0 Å². The van der Waals surface area contributed by atoms with Crippen LogP contribution in [0, 0.1) is 0 Å². The summed E-state index contributed by atoms with van der Waals surface area (Å²) in [6, 6.07) is -0.988. The van der Waals surface area contributed by atoms with Crippen molar-refractivity contribution in [2.24, 2.45) is 0 Å². The first-order valence-electron chi connectivity index (χ1n) is 38.6. The highest BCUT2D eigenvalue weighted by atomic mass is 16.8. The topological polar surface area (TPSA) is 307 Å². The van der Waals surface area contributed by atoms with E-state index in [2.05, 4.69) is 31.3 Å². The molecule has 17 unspecified atom stereocenters. The molecule has 19 nitrogen and oxygen atoms in total. The normalized spacial score (nSPS) is 27.4. The maximum Gasteiger partial charge on any atom is 0.220 e. The Morgan fingerprint density at radius 2 is 0.681 bits per heavy atom. The summed E-state index contributed by atoms with van der Waals surface area (Å²) in [6.45, 7) is 1.77. The van der Waals surface area contributed by atoms with Crippen LogP contribution in [0.2, 0.25) is 0 Å². The number of aliphatic hydroxyl groups excluding tert-OH is 11. The molecule has 1 amide bonds. The second-order valence-electron chi connectivity index (χ2n) is 27.8. The van der Waals surface area contributed by atoms with Gasteiger partial charge in [0.15, 0.2) is 18.9 Å². The van der Waals surface area contributed by atoms with E-state index in [1.165, 1.54) is 244 Å². The Balaban J connectivity index is 1.41. The minimum atomic E-state index is -1.98. The molecule has 3 heterocycles. The highest BCUT2D eigenvalue weighted by molar-refractivity contribution is 5.76. The fraction of sp³-hybridized carbons (Fsp3) is 0.933. The van der Waals surface area contributed by atoms with Gasteiger partial charge in [0.1, 0.15) is 73.2 Å². The molecule has 3 aliphatic rings. The number of rotatable bonds is 61. The van der Waals surface area contributed by atoms with E-state index in [0.29, 0.717) is 12.8 Å². The molecule has 0 bridgehead atoms. The van der Waals surface area contributed by atoms with Crippen LogP contribution in [0.1, 0.15) is 316 Å². The zero-order valence-corrected chi connectivity index (χ0v) is 59.0. The number of carbonyl (C=O) groups is 1. The Hall–Kier alpha value is -1.73. The summed E-state index contributed by atoms with van der Waals surface area (Å²) in [5.74, 6) is -0.278. The van der Waals surface area contributed by atoms with Gasteiger partial charge in [-0.3, -0.25) is 4.79 Å². The SMILES string of the molecule is CCCCCCCCCCCCCCCCCCCC/C=C/CC/C=C/C(O)C(COC1OC(CO)C(OC2OC(CO)C(OC3OC(CO)C(O)C(O)C3O)C(O)C2O)C(O)C1O)NC(=O)CCCCCCCCCCCCCCCCCCCCCCCCCCC. The molecule has 0 aromatic heterocycles. The lowest BCUT2D eigenvalue weighted by atomic mass is 9.96. The van der Waals surface area contributed by atoms with Crippen molar-refractivity contribution in [1.82, 2.24) is 5.32 Å². The minimum Gasteiger partial charge on any atom is -0.394 e. The largest absolute Gasteiger partial charge is 0.394 e. The van der Waals surface area contributed by atoms with Crippen molar-refractivity contribution >= 4 is 5.91 Å². The van der Waals surface area contributed by atoms with Gasteiger partial charge >= 0.3 is 0 Å². The van der Waals surface area contributed by atoms with Crippen molar-refractivity contribution < 1.29 is 89.4 Å². The van der Waals surface area contributed by atoms with E-state index in [0.717, 1.165) is 38.5 Å². The van der Waals surface area contributed by atoms with Crippen LogP contribution in [-0.4, -0.2) is 193 Å². The van der Waals surface area contributed by atoms with Gasteiger partial charge in [0.25, 0.3) is 0 Å². The summed E-state index contributed by atoms with van der Waals surface area (Å²) in [4.78, 5) is 13.4. The molecule has 0 spiro atoms. The van der Waals surface area contributed by atoms with E-state index >= 15 is 0 Å². The van der Waals surface area contributed by atoms with Gasteiger partial charge in [-0.2, -0.15) is 0 Å². The molecule has 94 heavy (non-hydrogen) atoms. The van der Waals surface area contributed by atoms with Gasteiger partial charge in [-0.1, -0.05) is 301 Å². The van der Waals surface area contributed by atoms with Crippen molar-refractivity contribution in [2.45, 2.75) is 420 Å². The fourth-order valence-corrected chi connectivity index (χ4v) is 13.3. The highest BCUT2D eigenvalue weighted by Crippen LogP contribution is 2.33. The van der Waals surface area contributed by atoms with Crippen molar-refractivity contribution in [1.29, 1.82) is 0 Å². The lowest BCUT2D eigenvalue weighted by Gasteiger charge is -2.48. The lowest BCUT2D eigenvalue weighted by molar-refractivity contribution is -0.379. The summed E-state index contributed by atoms with van der Waals surface area (Å²) < 4.78 is 34.4. The van der Waals surface area contributed by atoms with Crippen LogP contribution in [0.5, 0.6) is 0 Å². The molecule has 3 rings (SSSR count). The van der Waals surface area contributed by atoms with Gasteiger partial charge in [0.05, 0.1) is 38.6 Å². The van der Waals surface area contributed by atoms with Crippen molar-refractivity contribution in [3.63, 3.8) is 0 Å². The fourth-order valence-electron chi connectivity index (χ4n) is 13.3. The second kappa shape index (κ2) is 57.0. The minimum absolute atomic E-state index is 0.241. The molecule has 0 aromatic carbocycles. The van der Waals surface area contributed by atoms with Gasteiger partial charge in [-0.15, -0.1) is 0 Å². The van der Waals surface area contributed by atoms with Crippen LogP contribution in [0.4, 0.5) is 0 Å². The molecular weight excluding hydrogens is 1200 g/mol. The summed E-state index contributed by atoms with van der Waals surface area (Å²) >= 11 is 0. The third-order valence-corrected chi connectivity index (χ3v) is 19.5. The maximum absolute atomic E-state index is 13.4. The van der Waals surface area contributed by atoms with Gasteiger partial charge < -0.3 is 89.9 Å². The number of allylic oxidation sites excluding steroid dienone is 3. The van der Waals surface area contributed by atoms with Crippen LogP contribution in [0.15, 0.2) is 24.3 Å². The van der Waals surface area contributed by atoms with Gasteiger partial charge in [-0.05, 0) is 32.1 Å². The van der Waals surface area contributed by atoms with Crippen LogP contribution in [-0.2, 0) is 33.2 Å². The molecule has 17 atom stereocenters. The second-order valence-corrected chi connectivity index (χ2v) is 27.8. The van der Waals surface area contributed by atoms with Crippen molar-refractivity contribution in [3.05, 3.63) is 24.3 Å². The van der Waals surface area contributed by atoms with Crippen LogP contribution < -0.4 is 5.32 Å². The van der Waals surface area contributed by atoms with Crippen LogP contribution in [0.3, 0.4) is 0 Å². The van der Waals surface area contributed by atoms with Gasteiger partial charge in [0.2, 0.25) is 5.91 Å². The molecule has 3 saturated heterocycles. The predicted molar refractivity (Wildman–Crippen MR) is 370 cm³/mol. The van der Waals surface area contributed by atoms with Gasteiger partial charge in [0, 0.05) is 6.42 Å². The van der Waals surface area contributed by atoms with Gasteiger partial charge in [-0.25, -0.2) is 0 Å². The smallest absolute Gasteiger partial charge is 0.220 e.